The highest BCUT2D eigenvalue weighted by Crippen LogP contribution is 2.26. The van der Waals surface area contributed by atoms with Crippen LogP contribution in [0.15, 0.2) is 54.6 Å². The van der Waals surface area contributed by atoms with E-state index in [1.54, 1.807) is 0 Å². The SMILES string of the molecule is Cc1ccc(C(C)(C)C(=O)Cc2ccccc2)cc1. The molecule has 0 radical (unpaired) electrons. The zero-order chi connectivity index (χ0) is 13.9. The van der Waals surface area contributed by atoms with E-state index in [0.29, 0.717) is 6.42 Å². The van der Waals surface area contributed by atoms with Crippen molar-refractivity contribution in [3.8, 4) is 0 Å². The normalized spacial score (nSPS) is 11.3. The molecule has 0 aliphatic rings. The molecule has 98 valence electrons. The Morgan fingerprint density at radius 1 is 0.947 bits per heavy atom. The molecule has 2 rings (SSSR count). The zero-order valence-corrected chi connectivity index (χ0v) is 11.8. The van der Waals surface area contributed by atoms with Gasteiger partial charge in [-0.3, -0.25) is 4.79 Å². The first-order valence-corrected chi connectivity index (χ1v) is 6.64. The molecule has 0 spiro atoms. The highest BCUT2D eigenvalue weighted by molar-refractivity contribution is 5.91. The highest BCUT2D eigenvalue weighted by Gasteiger charge is 2.29. The second-order valence-electron chi connectivity index (χ2n) is 5.58. The standard InChI is InChI=1S/C18H20O/c1-14-9-11-16(12-10-14)18(2,3)17(19)13-15-7-5-4-6-8-15/h4-12H,13H2,1-3H3. The van der Waals surface area contributed by atoms with Crippen molar-refractivity contribution < 1.29 is 4.79 Å². The predicted octanol–water partition coefficient (Wildman–Crippen LogP) is 4.08. The Balaban J connectivity index is 2.19. The summed E-state index contributed by atoms with van der Waals surface area (Å²) in [6.45, 7) is 6.06. The first-order valence-electron chi connectivity index (χ1n) is 6.64. The fraction of sp³-hybridized carbons (Fsp3) is 0.278. The topological polar surface area (TPSA) is 17.1 Å². The number of hydrogen-bond donors (Lipinski definition) is 0. The van der Waals surface area contributed by atoms with E-state index in [0.717, 1.165) is 11.1 Å². The van der Waals surface area contributed by atoms with Crippen LogP contribution < -0.4 is 0 Å². The molecule has 0 aromatic heterocycles. The first-order chi connectivity index (χ1) is 9.00. The molecule has 1 heteroatoms. The number of rotatable bonds is 4. The van der Waals surface area contributed by atoms with Crippen LogP contribution in [0.2, 0.25) is 0 Å². The molecule has 0 unspecified atom stereocenters. The molecule has 2 aromatic rings. The minimum atomic E-state index is -0.441. The number of aryl methyl sites for hydroxylation is 1. The summed E-state index contributed by atoms with van der Waals surface area (Å²) in [5.41, 5.74) is 2.94. The first kappa shape index (κ1) is 13.5. The highest BCUT2D eigenvalue weighted by atomic mass is 16.1. The van der Waals surface area contributed by atoms with E-state index in [1.807, 2.05) is 44.2 Å². The van der Waals surface area contributed by atoms with E-state index in [2.05, 4.69) is 31.2 Å². The van der Waals surface area contributed by atoms with E-state index in [4.69, 9.17) is 0 Å². The van der Waals surface area contributed by atoms with Gasteiger partial charge in [0.15, 0.2) is 0 Å². The van der Waals surface area contributed by atoms with Gasteiger partial charge in [-0.1, -0.05) is 60.2 Å². The lowest BCUT2D eigenvalue weighted by molar-refractivity contribution is -0.122. The summed E-state index contributed by atoms with van der Waals surface area (Å²) >= 11 is 0. The maximum absolute atomic E-state index is 12.5. The molecule has 19 heavy (non-hydrogen) atoms. The monoisotopic (exact) mass is 252 g/mol. The number of ketones is 1. The van der Waals surface area contributed by atoms with Gasteiger partial charge in [-0.05, 0) is 31.9 Å². The van der Waals surface area contributed by atoms with Gasteiger partial charge in [0.2, 0.25) is 0 Å². The Bertz CT molecular complexity index is 550. The second kappa shape index (κ2) is 5.40. The average Bonchev–Trinajstić information content (AvgIpc) is 2.40. The van der Waals surface area contributed by atoms with Gasteiger partial charge in [0, 0.05) is 11.8 Å². The Labute approximate surface area is 115 Å². The minimum Gasteiger partial charge on any atom is -0.298 e. The lowest BCUT2D eigenvalue weighted by Crippen LogP contribution is -2.30. The van der Waals surface area contributed by atoms with E-state index >= 15 is 0 Å². The van der Waals surface area contributed by atoms with Crippen LogP contribution in [-0.4, -0.2) is 5.78 Å². The van der Waals surface area contributed by atoms with Crippen molar-refractivity contribution in [2.45, 2.75) is 32.6 Å². The summed E-state index contributed by atoms with van der Waals surface area (Å²) < 4.78 is 0. The second-order valence-corrected chi connectivity index (χ2v) is 5.58. The summed E-state index contributed by atoms with van der Waals surface area (Å²) in [6, 6.07) is 18.2. The number of hydrogen-bond acceptors (Lipinski definition) is 1. The van der Waals surface area contributed by atoms with E-state index in [9.17, 15) is 4.79 Å². The summed E-state index contributed by atoms with van der Waals surface area (Å²) in [6.07, 6.45) is 0.488. The molecule has 0 atom stereocenters. The van der Waals surface area contributed by atoms with Gasteiger partial charge in [0.05, 0.1) is 0 Å². The Kier molecular flexibility index (Phi) is 3.84. The van der Waals surface area contributed by atoms with Crippen molar-refractivity contribution in [2.75, 3.05) is 0 Å². The fourth-order valence-electron chi connectivity index (χ4n) is 2.13. The van der Waals surface area contributed by atoms with Crippen LogP contribution >= 0.6 is 0 Å². The van der Waals surface area contributed by atoms with E-state index in [-0.39, 0.29) is 5.78 Å². The molecule has 2 aromatic carbocycles. The molecular formula is C18H20O. The van der Waals surface area contributed by atoms with Crippen LogP contribution in [0.1, 0.15) is 30.5 Å². The third kappa shape index (κ3) is 3.11. The van der Waals surface area contributed by atoms with Gasteiger partial charge in [-0.25, -0.2) is 0 Å². The molecule has 1 nitrogen and oxygen atoms in total. The number of carbonyl (C=O) groups excluding carboxylic acids is 1. The molecule has 0 aliphatic heterocycles. The third-order valence-corrected chi connectivity index (χ3v) is 3.68. The molecule has 0 heterocycles. The van der Waals surface area contributed by atoms with Crippen molar-refractivity contribution in [1.82, 2.24) is 0 Å². The number of carbonyl (C=O) groups is 1. The van der Waals surface area contributed by atoms with Gasteiger partial charge in [-0.2, -0.15) is 0 Å². The Hall–Kier alpha value is -1.89. The quantitative estimate of drug-likeness (QED) is 0.801. The molecule has 0 bridgehead atoms. The Morgan fingerprint density at radius 3 is 2.11 bits per heavy atom. The van der Waals surface area contributed by atoms with Crippen LogP contribution in [0.4, 0.5) is 0 Å². The van der Waals surface area contributed by atoms with Gasteiger partial charge in [-0.15, -0.1) is 0 Å². The van der Waals surface area contributed by atoms with Crippen molar-refractivity contribution >= 4 is 5.78 Å². The predicted molar refractivity (Wildman–Crippen MR) is 79.4 cm³/mol. The van der Waals surface area contributed by atoms with Crippen molar-refractivity contribution in [2.24, 2.45) is 0 Å². The van der Waals surface area contributed by atoms with Crippen molar-refractivity contribution in [3.05, 3.63) is 71.3 Å². The summed E-state index contributed by atoms with van der Waals surface area (Å²) in [5, 5.41) is 0. The summed E-state index contributed by atoms with van der Waals surface area (Å²) in [7, 11) is 0. The lowest BCUT2D eigenvalue weighted by Gasteiger charge is -2.24. The molecule has 0 fully saturated rings. The maximum Gasteiger partial charge on any atom is 0.147 e. The molecule has 0 amide bonds. The van der Waals surface area contributed by atoms with Gasteiger partial charge in [0.1, 0.15) is 5.78 Å². The third-order valence-electron chi connectivity index (χ3n) is 3.68. The summed E-state index contributed by atoms with van der Waals surface area (Å²) in [5.74, 6) is 0.252. The number of Topliss-reactive ketones (excluding diaryl/α,β-unsaturated/α-hetero) is 1. The van der Waals surface area contributed by atoms with Gasteiger partial charge in [0.25, 0.3) is 0 Å². The van der Waals surface area contributed by atoms with E-state index < -0.39 is 5.41 Å². The minimum absolute atomic E-state index is 0.252. The van der Waals surface area contributed by atoms with Crippen LogP contribution in [0, 0.1) is 6.92 Å². The molecule has 0 saturated heterocycles. The van der Waals surface area contributed by atoms with E-state index in [1.165, 1.54) is 5.56 Å². The summed E-state index contributed by atoms with van der Waals surface area (Å²) in [4.78, 5) is 12.5. The maximum atomic E-state index is 12.5. The van der Waals surface area contributed by atoms with Gasteiger partial charge >= 0.3 is 0 Å². The molecule has 0 N–H and O–H groups in total. The molecular weight excluding hydrogens is 232 g/mol. The lowest BCUT2D eigenvalue weighted by atomic mass is 9.78. The Morgan fingerprint density at radius 2 is 1.53 bits per heavy atom. The van der Waals surface area contributed by atoms with Crippen LogP contribution in [0.3, 0.4) is 0 Å². The van der Waals surface area contributed by atoms with Crippen LogP contribution in [-0.2, 0) is 16.6 Å². The zero-order valence-electron chi connectivity index (χ0n) is 11.8. The smallest absolute Gasteiger partial charge is 0.147 e. The molecule has 0 aliphatic carbocycles. The fourth-order valence-corrected chi connectivity index (χ4v) is 2.13. The van der Waals surface area contributed by atoms with Crippen molar-refractivity contribution in [1.29, 1.82) is 0 Å². The average molecular weight is 252 g/mol. The van der Waals surface area contributed by atoms with Gasteiger partial charge < -0.3 is 0 Å². The van der Waals surface area contributed by atoms with Crippen LogP contribution in [0.5, 0.6) is 0 Å². The molecule has 0 saturated carbocycles. The largest absolute Gasteiger partial charge is 0.298 e. The number of benzene rings is 2. The van der Waals surface area contributed by atoms with Crippen LogP contribution in [0.25, 0.3) is 0 Å². The van der Waals surface area contributed by atoms with Crippen molar-refractivity contribution in [3.63, 3.8) is 0 Å².